The largest absolute Gasteiger partial charge is 0.495 e. The van der Waals surface area contributed by atoms with Gasteiger partial charge in [0.05, 0.1) is 19.9 Å². The number of nitrogens with zero attached hydrogens (tertiary/aromatic N) is 2. The summed E-state index contributed by atoms with van der Waals surface area (Å²) in [6.07, 6.45) is 0. The van der Waals surface area contributed by atoms with E-state index in [1.54, 1.807) is 20.3 Å². The molecule has 0 aliphatic carbocycles. The van der Waals surface area contributed by atoms with Crippen LogP contribution in [0.2, 0.25) is 0 Å². The molecule has 0 spiro atoms. The molecule has 2 heterocycles. The lowest BCUT2D eigenvalue weighted by molar-refractivity contribution is 0.0717. The van der Waals surface area contributed by atoms with Crippen LogP contribution < -0.4 is 14.4 Å². The number of amides is 1. The summed E-state index contributed by atoms with van der Waals surface area (Å²) in [6.45, 7) is 2.75. The van der Waals surface area contributed by atoms with Gasteiger partial charge in [-0.15, -0.1) is 0 Å². The van der Waals surface area contributed by atoms with Crippen LogP contribution in [0.5, 0.6) is 11.5 Å². The first kappa shape index (κ1) is 17.3. The van der Waals surface area contributed by atoms with Gasteiger partial charge in [0.15, 0.2) is 17.1 Å². The number of carbonyl (C=O) groups excluding carboxylic acids is 1. The molecule has 6 heteroatoms. The molecule has 0 saturated carbocycles. The fourth-order valence-electron chi connectivity index (χ4n) is 3.50. The molecule has 140 valence electrons. The minimum atomic E-state index is -0.0899. The van der Waals surface area contributed by atoms with Gasteiger partial charge < -0.3 is 23.7 Å². The van der Waals surface area contributed by atoms with Crippen LogP contribution >= 0.6 is 0 Å². The lowest BCUT2D eigenvalue weighted by Gasteiger charge is -2.36. The third kappa shape index (κ3) is 3.18. The van der Waals surface area contributed by atoms with Gasteiger partial charge in [-0.1, -0.05) is 24.3 Å². The van der Waals surface area contributed by atoms with Crippen molar-refractivity contribution < 1.29 is 18.7 Å². The first-order chi connectivity index (χ1) is 13.2. The Balaban J connectivity index is 1.49. The number of carbonyl (C=O) groups is 1. The second kappa shape index (κ2) is 7.23. The average Bonchev–Trinajstić information content (AvgIpc) is 3.17. The summed E-state index contributed by atoms with van der Waals surface area (Å²) in [5.41, 5.74) is 1.66. The van der Waals surface area contributed by atoms with Gasteiger partial charge in [-0.25, -0.2) is 0 Å². The van der Waals surface area contributed by atoms with Gasteiger partial charge in [0, 0.05) is 31.6 Å². The van der Waals surface area contributed by atoms with Gasteiger partial charge in [-0.2, -0.15) is 0 Å². The Morgan fingerprint density at radius 1 is 0.926 bits per heavy atom. The van der Waals surface area contributed by atoms with Gasteiger partial charge in [-0.3, -0.25) is 4.79 Å². The summed E-state index contributed by atoms with van der Waals surface area (Å²) in [4.78, 5) is 17.0. The number of piperazine rings is 1. The smallest absolute Gasteiger partial charge is 0.289 e. The lowest BCUT2D eigenvalue weighted by Crippen LogP contribution is -2.48. The number of hydrogen-bond donors (Lipinski definition) is 0. The highest BCUT2D eigenvalue weighted by atomic mass is 16.5. The van der Waals surface area contributed by atoms with Crippen LogP contribution in [0.4, 0.5) is 5.69 Å². The third-order valence-corrected chi connectivity index (χ3v) is 4.93. The predicted molar refractivity (Wildman–Crippen MR) is 104 cm³/mol. The number of rotatable bonds is 4. The summed E-state index contributed by atoms with van der Waals surface area (Å²) in [5, 5.41) is 0.866. The summed E-state index contributed by atoms with van der Waals surface area (Å²) in [6, 6.07) is 15.4. The van der Waals surface area contributed by atoms with E-state index in [2.05, 4.69) is 4.90 Å². The zero-order valence-corrected chi connectivity index (χ0v) is 15.5. The van der Waals surface area contributed by atoms with E-state index in [-0.39, 0.29) is 5.91 Å². The van der Waals surface area contributed by atoms with E-state index in [9.17, 15) is 4.79 Å². The van der Waals surface area contributed by atoms with Crippen molar-refractivity contribution in [3.8, 4) is 11.5 Å². The van der Waals surface area contributed by atoms with Crippen molar-refractivity contribution in [3.05, 3.63) is 54.3 Å². The number of fused-ring (bicyclic) bond motifs is 1. The fourth-order valence-corrected chi connectivity index (χ4v) is 3.50. The molecule has 1 aromatic heterocycles. The Labute approximate surface area is 157 Å². The molecule has 1 fully saturated rings. The molecule has 3 aromatic rings. The molecule has 0 radical (unpaired) electrons. The monoisotopic (exact) mass is 366 g/mol. The highest BCUT2D eigenvalue weighted by Crippen LogP contribution is 2.30. The quantitative estimate of drug-likeness (QED) is 0.708. The van der Waals surface area contributed by atoms with E-state index in [1.165, 1.54) is 0 Å². The topological polar surface area (TPSA) is 55.2 Å². The molecular formula is C21H22N2O4. The Hall–Kier alpha value is -3.15. The van der Waals surface area contributed by atoms with E-state index in [1.807, 2.05) is 47.4 Å². The number of furan rings is 1. The molecule has 2 aromatic carbocycles. The molecular weight excluding hydrogens is 344 g/mol. The summed E-state index contributed by atoms with van der Waals surface area (Å²) >= 11 is 0. The number of anilines is 1. The molecule has 0 bridgehead atoms. The number of ether oxygens (including phenoxy) is 2. The van der Waals surface area contributed by atoms with Crippen molar-refractivity contribution in [2.75, 3.05) is 45.3 Å². The zero-order chi connectivity index (χ0) is 18.8. The minimum absolute atomic E-state index is 0.0899. The average molecular weight is 366 g/mol. The minimum Gasteiger partial charge on any atom is -0.495 e. The van der Waals surface area contributed by atoms with Crippen molar-refractivity contribution in [2.24, 2.45) is 0 Å². The van der Waals surface area contributed by atoms with E-state index in [0.29, 0.717) is 30.2 Å². The van der Waals surface area contributed by atoms with E-state index >= 15 is 0 Å². The maximum atomic E-state index is 12.9. The molecule has 27 heavy (non-hydrogen) atoms. The molecule has 0 atom stereocenters. The molecule has 1 aliphatic heterocycles. The van der Waals surface area contributed by atoms with Crippen molar-refractivity contribution in [2.45, 2.75) is 0 Å². The number of hydrogen-bond acceptors (Lipinski definition) is 5. The Morgan fingerprint density at radius 3 is 2.37 bits per heavy atom. The van der Waals surface area contributed by atoms with Crippen LogP contribution in [0.25, 0.3) is 11.0 Å². The van der Waals surface area contributed by atoms with Crippen LogP contribution in [0.1, 0.15) is 10.6 Å². The summed E-state index contributed by atoms with van der Waals surface area (Å²) < 4.78 is 16.6. The number of para-hydroxylation sites is 3. The standard InChI is InChI=1S/C21H22N2O4/c1-25-17-8-4-3-7-16(17)22-10-12-23(13-11-22)21(24)19-14-15-6-5-9-18(26-2)20(15)27-19/h3-9,14H,10-13H2,1-2H3. The lowest BCUT2D eigenvalue weighted by atomic mass is 10.2. The van der Waals surface area contributed by atoms with Crippen LogP contribution in [-0.2, 0) is 0 Å². The molecule has 0 unspecified atom stereocenters. The van der Waals surface area contributed by atoms with E-state index in [0.717, 1.165) is 29.9 Å². The SMILES string of the molecule is COc1ccccc1N1CCN(C(=O)c2cc3cccc(OC)c3o2)CC1. The van der Waals surface area contributed by atoms with E-state index < -0.39 is 0 Å². The molecule has 4 rings (SSSR count). The maximum absolute atomic E-state index is 12.9. The molecule has 1 aliphatic rings. The van der Waals surface area contributed by atoms with Crippen LogP contribution in [0, 0.1) is 0 Å². The molecule has 0 N–H and O–H groups in total. The normalized spacial score (nSPS) is 14.4. The number of methoxy groups -OCH3 is 2. The summed E-state index contributed by atoms with van der Waals surface area (Å²) in [7, 11) is 3.27. The molecule has 1 saturated heterocycles. The zero-order valence-electron chi connectivity index (χ0n) is 15.5. The van der Waals surface area contributed by atoms with Crippen LogP contribution in [0.3, 0.4) is 0 Å². The number of benzene rings is 2. The second-order valence-electron chi connectivity index (χ2n) is 6.44. The first-order valence-corrected chi connectivity index (χ1v) is 8.95. The highest BCUT2D eigenvalue weighted by molar-refractivity contribution is 5.97. The van der Waals surface area contributed by atoms with Gasteiger partial charge in [0.1, 0.15) is 5.75 Å². The second-order valence-corrected chi connectivity index (χ2v) is 6.44. The van der Waals surface area contributed by atoms with Crippen molar-refractivity contribution in [3.63, 3.8) is 0 Å². The van der Waals surface area contributed by atoms with Gasteiger partial charge in [0.25, 0.3) is 5.91 Å². The highest BCUT2D eigenvalue weighted by Gasteiger charge is 2.26. The van der Waals surface area contributed by atoms with Crippen LogP contribution in [-0.4, -0.2) is 51.2 Å². The van der Waals surface area contributed by atoms with Crippen molar-refractivity contribution in [1.29, 1.82) is 0 Å². The predicted octanol–water partition coefficient (Wildman–Crippen LogP) is 3.41. The third-order valence-electron chi connectivity index (χ3n) is 4.93. The maximum Gasteiger partial charge on any atom is 0.289 e. The van der Waals surface area contributed by atoms with Crippen LogP contribution in [0.15, 0.2) is 52.9 Å². The Bertz CT molecular complexity index is 958. The van der Waals surface area contributed by atoms with Gasteiger partial charge in [0.2, 0.25) is 0 Å². The fraction of sp³-hybridized carbons (Fsp3) is 0.286. The van der Waals surface area contributed by atoms with Crippen molar-refractivity contribution >= 4 is 22.6 Å². The van der Waals surface area contributed by atoms with Gasteiger partial charge in [-0.05, 0) is 24.3 Å². The van der Waals surface area contributed by atoms with Crippen molar-refractivity contribution in [1.82, 2.24) is 4.90 Å². The Morgan fingerprint density at radius 2 is 1.63 bits per heavy atom. The van der Waals surface area contributed by atoms with Gasteiger partial charge >= 0.3 is 0 Å². The Kier molecular flexibility index (Phi) is 4.62. The first-order valence-electron chi connectivity index (χ1n) is 8.95. The summed E-state index contributed by atoms with van der Waals surface area (Å²) in [5.74, 6) is 1.74. The molecule has 1 amide bonds. The molecule has 6 nitrogen and oxygen atoms in total. The van der Waals surface area contributed by atoms with E-state index in [4.69, 9.17) is 13.9 Å².